The second kappa shape index (κ2) is 7.13. The SMILES string of the molecule is CN=C(NCc1ccc(S(C)(=O)=O)cc1)N1CCCC(C)C1. The van der Waals surface area contributed by atoms with Gasteiger partial charge in [0, 0.05) is 32.9 Å². The van der Waals surface area contributed by atoms with E-state index < -0.39 is 9.84 Å². The molecule has 0 aromatic heterocycles. The molecule has 1 aromatic rings. The molecule has 1 saturated heterocycles. The van der Waals surface area contributed by atoms with Gasteiger partial charge in [0.15, 0.2) is 15.8 Å². The topological polar surface area (TPSA) is 61.8 Å². The van der Waals surface area contributed by atoms with E-state index in [2.05, 4.69) is 22.1 Å². The molecule has 1 heterocycles. The second-order valence-electron chi connectivity index (χ2n) is 6.01. The first-order valence-corrected chi connectivity index (χ1v) is 9.54. The highest BCUT2D eigenvalue weighted by molar-refractivity contribution is 7.90. The minimum Gasteiger partial charge on any atom is -0.352 e. The van der Waals surface area contributed by atoms with E-state index in [4.69, 9.17) is 0 Å². The molecule has 1 atom stereocenters. The third-order valence-electron chi connectivity index (χ3n) is 3.97. The average molecular weight is 323 g/mol. The molecule has 1 aliphatic heterocycles. The normalized spacial score (nSPS) is 20.0. The van der Waals surface area contributed by atoms with Crippen LogP contribution in [-0.4, -0.2) is 45.7 Å². The van der Waals surface area contributed by atoms with Gasteiger partial charge in [-0.15, -0.1) is 0 Å². The van der Waals surface area contributed by atoms with Crippen molar-refractivity contribution in [2.75, 3.05) is 26.4 Å². The maximum atomic E-state index is 11.5. The Labute approximate surface area is 133 Å². The standard InChI is InChI=1S/C16H25N3O2S/c1-13-5-4-10-19(12-13)16(17-2)18-11-14-6-8-15(9-7-14)22(3,20)21/h6-9,13H,4-5,10-12H2,1-3H3,(H,17,18). The molecule has 1 fully saturated rings. The van der Waals surface area contributed by atoms with Gasteiger partial charge in [0.25, 0.3) is 0 Å². The third kappa shape index (κ3) is 4.47. The Morgan fingerprint density at radius 2 is 2.05 bits per heavy atom. The molecule has 0 spiro atoms. The first-order valence-electron chi connectivity index (χ1n) is 7.64. The Hall–Kier alpha value is -1.56. The number of sulfone groups is 1. The van der Waals surface area contributed by atoms with Crippen molar-refractivity contribution in [3.8, 4) is 0 Å². The Morgan fingerprint density at radius 1 is 1.36 bits per heavy atom. The smallest absolute Gasteiger partial charge is 0.193 e. The number of guanidine groups is 1. The fraction of sp³-hybridized carbons (Fsp3) is 0.562. The quantitative estimate of drug-likeness (QED) is 0.682. The molecule has 6 heteroatoms. The highest BCUT2D eigenvalue weighted by Gasteiger charge is 2.18. The largest absolute Gasteiger partial charge is 0.352 e. The van der Waals surface area contributed by atoms with E-state index in [0.29, 0.717) is 17.4 Å². The maximum Gasteiger partial charge on any atom is 0.193 e. The van der Waals surface area contributed by atoms with E-state index >= 15 is 0 Å². The summed E-state index contributed by atoms with van der Waals surface area (Å²) < 4.78 is 22.9. The molecule has 1 N–H and O–H groups in total. The molecule has 0 saturated carbocycles. The molecule has 1 aromatic carbocycles. The zero-order valence-electron chi connectivity index (χ0n) is 13.5. The number of hydrogen-bond acceptors (Lipinski definition) is 3. The van der Waals surface area contributed by atoms with Gasteiger partial charge in [-0.25, -0.2) is 8.42 Å². The zero-order chi connectivity index (χ0) is 16.2. The first kappa shape index (κ1) is 16.8. The summed E-state index contributed by atoms with van der Waals surface area (Å²) in [6.45, 7) is 4.98. The van der Waals surface area contributed by atoms with Gasteiger partial charge in [-0.05, 0) is 36.5 Å². The molecular formula is C16H25N3O2S. The minimum absolute atomic E-state index is 0.352. The average Bonchev–Trinajstić information content (AvgIpc) is 2.47. The van der Waals surface area contributed by atoms with Crippen molar-refractivity contribution in [1.82, 2.24) is 10.2 Å². The highest BCUT2D eigenvalue weighted by Crippen LogP contribution is 2.15. The van der Waals surface area contributed by atoms with Gasteiger partial charge < -0.3 is 10.2 Å². The summed E-state index contributed by atoms with van der Waals surface area (Å²) in [6.07, 6.45) is 3.70. The van der Waals surface area contributed by atoms with Crippen molar-refractivity contribution in [2.45, 2.75) is 31.2 Å². The second-order valence-corrected chi connectivity index (χ2v) is 8.03. The Balaban J connectivity index is 1.96. The van der Waals surface area contributed by atoms with Gasteiger partial charge in [-0.1, -0.05) is 19.1 Å². The number of likely N-dealkylation sites (tertiary alicyclic amines) is 1. The molecule has 122 valence electrons. The van der Waals surface area contributed by atoms with E-state index in [9.17, 15) is 8.42 Å². The summed E-state index contributed by atoms with van der Waals surface area (Å²) in [5, 5.41) is 3.36. The van der Waals surface area contributed by atoms with Crippen LogP contribution in [0, 0.1) is 5.92 Å². The molecule has 22 heavy (non-hydrogen) atoms. The Morgan fingerprint density at radius 3 is 2.59 bits per heavy atom. The number of aliphatic imine (C=N–C) groups is 1. The predicted molar refractivity (Wildman–Crippen MR) is 89.7 cm³/mol. The number of rotatable bonds is 3. The Bertz CT molecular complexity index is 623. The van der Waals surface area contributed by atoms with Crippen molar-refractivity contribution in [3.63, 3.8) is 0 Å². The van der Waals surface area contributed by atoms with Crippen LogP contribution in [-0.2, 0) is 16.4 Å². The highest BCUT2D eigenvalue weighted by atomic mass is 32.2. The van der Waals surface area contributed by atoms with Gasteiger partial charge in [-0.2, -0.15) is 0 Å². The summed E-state index contributed by atoms with van der Waals surface area (Å²) >= 11 is 0. The van der Waals surface area contributed by atoms with Crippen LogP contribution in [0.3, 0.4) is 0 Å². The lowest BCUT2D eigenvalue weighted by atomic mass is 10.0. The molecule has 1 aliphatic rings. The van der Waals surface area contributed by atoms with Crippen molar-refractivity contribution in [2.24, 2.45) is 10.9 Å². The lowest BCUT2D eigenvalue weighted by Gasteiger charge is -2.33. The van der Waals surface area contributed by atoms with Crippen LogP contribution in [0.2, 0.25) is 0 Å². The van der Waals surface area contributed by atoms with Crippen molar-refractivity contribution < 1.29 is 8.42 Å². The number of nitrogens with one attached hydrogen (secondary N) is 1. The minimum atomic E-state index is -3.13. The summed E-state index contributed by atoms with van der Waals surface area (Å²) in [5.41, 5.74) is 1.04. The van der Waals surface area contributed by atoms with Crippen LogP contribution in [0.5, 0.6) is 0 Å². The fourth-order valence-corrected chi connectivity index (χ4v) is 3.38. The van der Waals surface area contributed by atoms with Gasteiger partial charge in [-0.3, -0.25) is 4.99 Å². The lowest BCUT2D eigenvalue weighted by Crippen LogP contribution is -2.45. The number of piperidine rings is 1. The molecule has 1 unspecified atom stereocenters. The monoisotopic (exact) mass is 323 g/mol. The lowest BCUT2D eigenvalue weighted by molar-refractivity contribution is 0.266. The van der Waals surface area contributed by atoms with Gasteiger partial charge in [0.2, 0.25) is 0 Å². The molecule has 0 amide bonds. The van der Waals surface area contributed by atoms with Crippen molar-refractivity contribution >= 4 is 15.8 Å². The van der Waals surface area contributed by atoms with Crippen LogP contribution in [0.1, 0.15) is 25.3 Å². The number of hydrogen-bond donors (Lipinski definition) is 1. The summed E-state index contributed by atoms with van der Waals surface area (Å²) in [4.78, 5) is 7.00. The fourth-order valence-electron chi connectivity index (χ4n) is 2.75. The van der Waals surface area contributed by atoms with Gasteiger partial charge in [0.05, 0.1) is 4.90 Å². The Kier molecular flexibility index (Phi) is 5.45. The summed E-state index contributed by atoms with van der Waals surface area (Å²) in [6, 6.07) is 6.99. The zero-order valence-corrected chi connectivity index (χ0v) is 14.4. The molecule has 0 bridgehead atoms. The number of benzene rings is 1. The van der Waals surface area contributed by atoms with E-state index in [1.165, 1.54) is 19.1 Å². The van der Waals surface area contributed by atoms with Gasteiger partial charge in [0.1, 0.15) is 0 Å². The van der Waals surface area contributed by atoms with Crippen molar-refractivity contribution in [3.05, 3.63) is 29.8 Å². The van der Waals surface area contributed by atoms with Gasteiger partial charge >= 0.3 is 0 Å². The third-order valence-corrected chi connectivity index (χ3v) is 5.10. The van der Waals surface area contributed by atoms with Crippen LogP contribution >= 0.6 is 0 Å². The van der Waals surface area contributed by atoms with Crippen LogP contribution in [0.4, 0.5) is 0 Å². The van der Waals surface area contributed by atoms with E-state index in [-0.39, 0.29) is 0 Å². The van der Waals surface area contributed by atoms with E-state index in [1.807, 2.05) is 12.1 Å². The van der Waals surface area contributed by atoms with E-state index in [0.717, 1.165) is 24.6 Å². The predicted octanol–water partition coefficient (Wildman–Crippen LogP) is 1.90. The van der Waals surface area contributed by atoms with Crippen LogP contribution in [0.15, 0.2) is 34.2 Å². The first-order chi connectivity index (χ1) is 10.4. The molecular weight excluding hydrogens is 298 g/mol. The van der Waals surface area contributed by atoms with Crippen LogP contribution < -0.4 is 5.32 Å². The molecule has 0 aliphatic carbocycles. The molecule has 0 radical (unpaired) electrons. The van der Waals surface area contributed by atoms with E-state index in [1.54, 1.807) is 19.2 Å². The van der Waals surface area contributed by atoms with Crippen LogP contribution in [0.25, 0.3) is 0 Å². The van der Waals surface area contributed by atoms with Crippen molar-refractivity contribution in [1.29, 1.82) is 0 Å². The molecule has 5 nitrogen and oxygen atoms in total. The summed E-state index contributed by atoms with van der Waals surface area (Å²) in [5.74, 6) is 1.61. The maximum absolute atomic E-state index is 11.5. The molecule has 2 rings (SSSR count). The number of nitrogens with zero attached hydrogens (tertiary/aromatic N) is 2. The summed E-state index contributed by atoms with van der Waals surface area (Å²) in [7, 11) is -1.33.